The summed E-state index contributed by atoms with van der Waals surface area (Å²) in [5, 5.41) is 17.9. The van der Waals surface area contributed by atoms with Crippen molar-refractivity contribution >= 4 is 22.1 Å². The fourth-order valence-electron chi connectivity index (χ4n) is 1.35. The summed E-state index contributed by atoms with van der Waals surface area (Å²) in [5.74, 6) is -3.62. The Morgan fingerprint density at radius 2 is 1.72 bits per heavy atom. The normalized spacial score (nSPS) is 11.0. The first-order valence-electron chi connectivity index (χ1n) is 4.63. The zero-order valence-electron chi connectivity index (χ0n) is 9.50. The van der Waals surface area contributed by atoms with Gasteiger partial charge in [-0.3, -0.25) is 0 Å². The summed E-state index contributed by atoms with van der Waals surface area (Å²) in [4.78, 5) is 22.0. The molecule has 0 amide bonds. The molecule has 8 heteroatoms. The number of aryl methyl sites for hydroxylation is 1. The second-order valence-electron chi connectivity index (χ2n) is 3.53. The number of carboxylic acids is 2. The topological polar surface area (TPSA) is 118 Å². The van der Waals surface area contributed by atoms with Gasteiger partial charge in [-0.05, 0) is 18.6 Å². The van der Waals surface area contributed by atoms with E-state index in [1.807, 2.05) is 0 Å². The Kier molecular flexibility index (Phi) is 3.61. The van der Waals surface area contributed by atoms with Crippen LogP contribution in [0.1, 0.15) is 26.3 Å². The standard InChI is InChI=1S/C10H10O7S/c1-5-3-4-6(9(11)12)8(7(5)10(13)14)17-18(2,15)16/h3-4H,1-2H3,(H,11,12)(H,13,14). The number of hydrogen-bond acceptors (Lipinski definition) is 5. The monoisotopic (exact) mass is 274 g/mol. The first kappa shape index (κ1) is 14.0. The zero-order valence-corrected chi connectivity index (χ0v) is 10.3. The molecule has 0 heterocycles. The number of aromatic carboxylic acids is 2. The maximum absolute atomic E-state index is 11.1. The lowest BCUT2D eigenvalue weighted by Crippen LogP contribution is -2.15. The molecule has 0 fully saturated rings. The Hall–Kier alpha value is -2.09. The molecule has 7 nitrogen and oxygen atoms in total. The molecule has 0 aliphatic heterocycles. The van der Waals surface area contributed by atoms with Crippen LogP contribution in [0.3, 0.4) is 0 Å². The van der Waals surface area contributed by atoms with E-state index in [2.05, 4.69) is 4.18 Å². The highest BCUT2D eigenvalue weighted by Crippen LogP contribution is 2.28. The minimum absolute atomic E-state index is 0.200. The maximum Gasteiger partial charge on any atom is 0.339 e. The fraction of sp³-hybridized carbons (Fsp3) is 0.200. The molecule has 0 aromatic heterocycles. The van der Waals surface area contributed by atoms with Gasteiger partial charge in [0.05, 0.1) is 6.26 Å². The van der Waals surface area contributed by atoms with E-state index in [1.165, 1.54) is 13.0 Å². The van der Waals surface area contributed by atoms with Crippen LogP contribution in [-0.4, -0.2) is 36.8 Å². The van der Waals surface area contributed by atoms with Crippen molar-refractivity contribution in [2.24, 2.45) is 0 Å². The summed E-state index contributed by atoms with van der Waals surface area (Å²) in [6.45, 7) is 1.41. The van der Waals surface area contributed by atoms with Crippen molar-refractivity contribution in [1.29, 1.82) is 0 Å². The van der Waals surface area contributed by atoms with Gasteiger partial charge < -0.3 is 14.4 Å². The van der Waals surface area contributed by atoms with E-state index in [0.717, 1.165) is 6.07 Å². The molecule has 0 spiro atoms. The van der Waals surface area contributed by atoms with Crippen molar-refractivity contribution in [3.8, 4) is 5.75 Å². The van der Waals surface area contributed by atoms with E-state index >= 15 is 0 Å². The molecule has 0 bridgehead atoms. The van der Waals surface area contributed by atoms with Crippen molar-refractivity contribution in [1.82, 2.24) is 0 Å². The van der Waals surface area contributed by atoms with Gasteiger partial charge in [0.2, 0.25) is 0 Å². The zero-order chi connectivity index (χ0) is 14.1. The summed E-state index contributed by atoms with van der Waals surface area (Å²) in [7, 11) is -4.03. The van der Waals surface area contributed by atoms with E-state index in [-0.39, 0.29) is 5.56 Å². The third-order valence-corrected chi connectivity index (χ3v) is 2.51. The number of hydrogen-bond donors (Lipinski definition) is 2. The smallest absolute Gasteiger partial charge is 0.339 e. The lowest BCUT2D eigenvalue weighted by molar-refractivity contribution is 0.0694. The van der Waals surface area contributed by atoms with Gasteiger partial charge >= 0.3 is 22.1 Å². The second-order valence-corrected chi connectivity index (χ2v) is 5.11. The van der Waals surface area contributed by atoms with E-state index in [0.29, 0.717) is 6.26 Å². The Balaban J connectivity index is 3.64. The lowest BCUT2D eigenvalue weighted by atomic mass is 10.0. The van der Waals surface area contributed by atoms with Gasteiger partial charge in [-0.1, -0.05) is 6.07 Å². The van der Waals surface area contributed by atoms with E-state index in [9.17, 15) is 18.0 Å². The highest BCUT2D eigenvalue weighted by molar-refractivity contribution is 7.86. The Morgan fingerprint density at radius 3 is 2.11 bits per heavy atom. The van der Waals surface area contributed by atoms with Crippen molar-refractivity contribution in [2.45, 2.75) is 6.92 Å². The minimum Gasteiger partial charge on any atom is -0.478 e. The van der Waals surface area contributed by atoms with E-state index < -0.39 is 38.9 Å². The summed E-state index contributed by atoms with van der Waals surface area (Å²) >= 11 is 0. The van der Waals surface area contributed by atoms with Crippen molar-refractivity contribution in [3.63, 3.8) is 0 Å². The van der Waals surface area contributed by atoms with Gasteiger partial charge in [0, 0.05) is 0 Å². The van der Waals surface area contributed by atoms with Crippen LogP contribution in [0.5, 0.6) is 5.75 Å². The van der Waals surface area contributed by atoms with E-state index in [1.54, 1.807) is 0 Å². The fourth-order valence-corrected chi connectivity index (χ4v) is 1.83. The second kappa shape index (κ2) is 4.65. The molecular weight excluding hydrogens is 264 g/mol. The number of benzene rings is 1. The molecular formula is C10H10O7S. The molecule has 1 aromatic carbocycles. The third-order valence-electron chi connectivity index (χ3n) is 2.05. The van der Waals surface area contributed by atoms with Gasteiger partial charge in [-0.25, -0.2) is 9.59 Å². The molecule has 1 rings (SSSR count). The quantitative estimate of drug-likeness (QED) is 0.777. The largest absolute Gasteiger partial charge is 0.478 e. The van der Waals surface area contributed by atoms with E-state index in [4.69, 9.17) is 10.2 Å². The van der Waals surface area contributed by atoms with Crippen LogP contribution in [0.25, 0.3) is 0 Å². The summed E-state index contributed by atoms with van der Waals surface area (Å²) in [6.07, 6.45) is 0.701. The predicted molar refractivity (Wildman–Crippen MR) is 60.6 cm³/mol. The number of carboxylic acid groups (broad SMARTS) is 2. The average molecular weight is 274 g/mol. The first-order valence-corrected chi connectivity index (χ1v) is 6.45. The van der Waals surface area contributed by atoms with Crippen molar-refractivity contribution < 1.29 is 32.4 Å². The molecule has 1 aromatic rings. The lowest BCUT2D eigenvalue weighted by Gasteiger charge is -2.11. The van der Waals surface area contributed by atoms with Crippen LogP contribution in [0.4, 0.5) is 0 Å². The molecule has 0 saturated carbocycles. The molecule has 0 saturated heterocycles. The minimum atomic E-state index is -4.03. The molecule has 0 aliphatic rings. The Bertz CT molecular complexity index is 615. The van der Waals surface area contributed by atoms with Crippen molar-refractivity contribution in [3.05, 3.63) is 28.8 Å². The summed E-state index contributed by atoms with van der Waals surface area (Å²) in [6, 6.07) is 2.35. The number of rotatable bonds is 4. The summed E-state index contributed by atoms with van der Waals surface area (Å²) < 4.78 is 26.6. The molecule has 0 unspecified atom stereocenters. The van der Waals surface area contributed by atoms with Gasteiger partial charge in [-0.15, -0.1) is 0 Å². The maximum atomic E-state index is 11.1. The molecule has 98 valence electrons. The number of carbonyl (C=O) groups is 2. The molecule has 0 atom stereocenters. The molecule has 18 heavy (non-hydrogen) atoms. The van der Waals surface area contributed by atoms with Gasteiger partial charge in [-0.2, -0.15) is 8.42 Å². The highest BCUT2D eigenvalue weighted by atomic mass is 32.2. The first-order chi connectivity index (χ1) is 8.13. The van der Waals surface area contributed by atoms with Crippen LogP contribution >= 0.6 is 0 Å². The van der Waals surface area contributed by atoms with Crippen LogP contribution in [0.15, 0.2) is 12.1 Å². The Labute approximate surface area is 103 Å². The highest BCUT2D eigenvalue weighted by Gasteiger charge is 2.24. The van der Waals surface area contributed by atoms with Crippen LogP contribution in [-0.2, 0) is 10.1 Å². The van der Waals surface area contributed by atoms with Crippen LogP contribution in [0.2, 0.25) is 0 Å². The van der Waals surface area contributed by atoms with Gasteiger partial charge in [0.25, 0.3) is 0 Å². The average Bonchev–Trinajstić information content (AvgIpc) is 2.13. The SMILES string of the molecule is Cc1ccc(C(=O)O)c(OS(C)(=O)=O)c1C(=O)O. The molecule has 0 aliphatic carbocycles. The van der Waals surface area contributed by atoms with Gasteiger partial charge in [0.15, 0.2) is 5.75 Å². The Morgan fingerprint density at radius 1 is 1.17 bits per heavy atom. The predicted octanol–water partition coefficient (Wildman–Crippen LogP) is 0.730. The molecule has 2 N–H and O–H groups in total. The van der Waals surface area contributed by atoms with Gasteiger partial charge in [0.1, 0.15) is 11.1 Å². The van der Waals surface area contributed by atoms with Crippen LogP contribution < -0.4 is 4.18 Å². The van der Waals surface area contributed by atoms with Crippen LogP contribution in [0, 0.1) is 6.92 Å². The summed E-state index contributed by atoms with van der Waals surface area (Å²) in [5.41, 5.74) is -0.810. The van der Waals surface area contributed by atoms with Crippen molar-refractivity contribution in [2.75, 3.05) is 6.26 Å². The third kappa shape index (κ3) is 2.98. The molecule has 0 radical (unpaired) electrons.